The monoisotopic (exact) mass is 348 g/mol. The van der Waals surface area contributed by atoms with E-state index in [9.17, 15) is 18.7 Å². The molecule has 0 spiro atoms. The molecule has 0 aromatic heterocycles. The fraction of sp³-hybridized carbons (Fsp3) is 0.278. The molecule has 0 saturated carbocycles. The lowest BCUT2D eigenvalue weighted by Crippen LogP contribution is -2.48. The van der Waals surface area contributed by atoms with Crippen LogP contribution in [0, 0.1) is 0 Å². The van der Waals surface area contributed by atoms with Gasteiger partial charge in [-0.05, 0) is 36.4 Å². The Morgan fingerprint density at radius 3 is 2.28 bits per heavy atom. The van der Waals surface area contributed by atoms with Gasteiger partial charge in [-0.3, -0.25) is 4.79 Å². The first kappa shape index (κ1) is 17.0. The first-order valence-corrected chi connectivity index (χ1v) is 7.91. The number of amides is 1. The maximum atomic E-state index is 12.6. The zero-order chi connectivity index (χ0) is 17.8. The van der Waals surface area contributed by atoms with Crippen LogP contribution in [0.2, 0.25) is 0 Å². The van der Waals surface area contributed by atoms with Crippen molar-refractivity contribution in [1.82, 2.24) is 4.90 Å². The summed E-state index contributed by atoms with van der Waals surface area (Å²) in [4.78, 5) is 16.4. The van der Waals surface area contributed by atoms with Crippen molar-refractivity contribution in [2.75, 3.05) is 31.1 Å². The molecule has 0 atom stereocenters. The van der Waals surface area contributed by atoms with E-state index in [1.54, 1.807) is 29.2 Å². The normalized spacial score (nSPS) is 14.7. The highest BCUT2D eigenvalue weighted by molar-refractivity contribution is 5.97. The lowest BCUT2D eigenvalue weighted by atomic mass is 10.1. The molecule has 7 heteroatoms. The number of ether oxygens (including phenoxy) is 1. The Bertz CT molecular complexity index is 729. The van der Waals surface area contributed by atoms with Gasteiger partial charge in [-0.25, -0.2) is 0 Å². The second-order valence-electron chi connectivity index (χ2n) is 5.67. The smallest absolute Gasteiger partial charge is 0.387 e. The molecule has 2 aromatic rings. The molecule has 1 saturated heterocycles. The van der Waals surface area contributed by atoms with Gasteiger partial charge in [0.2, 0.25) is 0 Å². The van der Waals surface area contributed by atoms with Gasteiger partial charge in [0, 0.05) is 31.9 Å². The van der Waals surface area contributed by atoms with Crippen molar-refractivity contribution in [3.05, 3.63) is 54.1 Å². The minimum absolute atomic E-state index is 0.108. The van der Waals surface area contributed by atoms with E-state index in [4.69, 9.17) is 0 Å². The van der Waals surface area contributed by atoms with Gasteiger partial charge < -0.3 is 19.6 Å². The molecule has 1 heterocycles. The van der Waals surface area contributed by atoms with Crippen LogP contribution in [0.4, 0.5) is 14.5 Å². The second kappa shape index (κ2) is 7.38. The third kappa shape index (κ3) is 3.99. The predicted octanol–water partition coefficient (Wildman–Crippen LogP) is 2.96. The number of nitrogens with zero attached hydrogens (tertiary/aromatic N) is 2. The highest BCUT2D eigenvalue weighted by atomic mass is 19.3. The van der Waals surface area contributed by atoms with Crippen LogP contribution in [-0.4, -0.2) is 48.7 Å². The average molecular weight is 348 g/mol. The quantitative estimate of drug-likeness (QED) is 0.923. The number of benzene rings is 2. The summed E-state index contributed by atoms with van der Waals surface area (Å²) in [5.74, 6) is -0.224. The summed E-state index contributed by atoms with van der Waals surface area (Å²) in [5.41, 5.74) is 1.10. The Morgan fingerprint density at radius 1 is 1.00 bits per heavy atom. The standard InChI is InChI=1S/C18H18F2N2O3/c19-18(20)25-16-4-2-1-3-15(16)17(24)22-11-9-21(10-12-22)13-5-7-14(23)8-6-13/h1-8,18,23H,9-12H2. The topological polar surface area (TPSA) is 53.0 Å². The van der Waals surface area contributed by atoms with E-state index in [0.717, 1.165) is 5.69 Å². The molecule has 0 unspecified atom stereocenters. The van der Waals surface area contributed by atoms with E-state index < -0.39 is 6.61 Å². The Hall–Kier alpha value is -2.83. The third-order valence-electron chi connectivity index (χ3n) is 4.12. The first-order chi connectivity index (χ1) is 12.0. The molecule has 0 aliphatic carbocycles. The molecule has 1 N–H and O–H groups in total. The summed E-state index contributed by atoms with van der Waals surface area (Å²) >= 11 is 0. The molecule has 3 rings (SSSR count). The minimum Gasteiger partial charge on any atom is -0.508 e. The van der Waals surface area contributed by atoms with Gasteiger partial charge in [-0.15, -0.1) is 0 Å². The van der Waals surface area contributed by atoms with Gasteiger partial charge in [0.25, 0.3) is 5.91 Å². The number of rotatable bonds is 4. The van der Waals surface area contributed by atoms with Gasteiger partial charge in [-0.1, -0.05) is 12.1 Å². The number of piperazine rings is 1. The molecule has 25 heavy (non-hydrogen) atoms. The first-order valence-electron chi connectivity index (χ1n) is 7.91. The molecular formula is C18H18F2N2O3. The van der Waals surface area contributed by atoms with E-state index in [-0.39, 0.29) is 23.0 Å². The maximum Gasteiger partial charge on any atom is 0.387 e. The van der Waals surface area contributed by atoms with Crippen molar-refractivity contribution >= 4 is 11.6 Å². The number of alkyl halides is 2. The van der Waals surface area contributed by atoms with Gasteiger partial charge in [0.05, 0.1) is 5.56 Å². The van der Waals surface area contributed by atoms with E-state index in [1.807, 2.05) is 12.1 Å². The van der Waals surface area contributed by atoms with Gasteiger partial charge in [0.1, 0.15) is 11.5 Å². The van der Waals surface area contributed by atoms with Crippen LogP contribution >= 0.6 is 0 Å². The van der Waals surface area contributed by atoms with Crippen LogP contribution in [-0.2, 0) is 0 Å². The summed E-state index contributed by atoms with van der Waals surface area (Å²) in [5, 5.41) is 9.35. The zero-order valence-corrected chi connectivity index (χ0v) is 13.4. The van der Waals surface area contributed by atoms with Crippen LogP contribution in [0.1, 0.15) is 10.4 Å². The molecule has 5 nitrogen and oxygen atoms in total. The Balaban J connectivity index is 1.67. The van der Waals surface area contributed by atoms with Crippen LogP contribution < -0.4 is 9.64 Å². The van der Waals surface area contributed by atoms with Crippen molar-refractivity contribution in [1.29, 1.82) is 0 Å². The number of phenols is 1. The van der Waals surface area contributed by atoms with Gasteiger partial charge >= 0.3 is 6.61 Å². The van der Waals surface area contributed by atoms with Crippen LogP contribution in [0.25, 0.3) is 0 Å². The maximum absolute atomic E-state index is 12.6. The summed E-state index contributed by atoms with van der Waals surface area (Å²) in [7, 11) is 0. The summed E-state index contributed by atoms with van der Waals surface area (Å²) in [6, 6.07) is 12.9. The number of phenolic OH excluding ortho intramolecular Hbond substituents is 1. The second-order valence-corrected chi connectivity index (χ2v) is 5.67. The van der Waals surface area contributed by atoms with Gasteiger partial charge in [0.15, 0.2) is 0 Å². The predicted molar refractivity (Wildman–Crippen MR) is 89.3 cm³/mol. The van der Waals surface area contributed by atoms with Crippen molar-refractivity contribution < 1.29 is 23.4 Å². The molecule has 0 bridgehead atoms. The number of carbonyl (C=O) groups is 1. The number of hydrogen-bond acceptors (Lipinski definition) is 4. The van der Waals surface area contributed by atoms with Crippen LogP contribution in [0.3, 0.4) is 0 Å². The lowest BCUT2D eigenvalue weighted by Gasteiger charge is -2.36. The van der Waals surface area contributed by atoms with E-state index >= 15 is 0 Å². The third-order valence-corrected chi connectivity index (χ3v) is 4.12. The highest BCUT2D eigenvalue weighted by Crippen LogP contribution is 2.24. The largest absolute Gasteiger partial charge is 0.508 e. The number of carbonyl (C=O) groups excluding carboxylic acids is 1. The fourth-order valence-corrected chi connectivity index (χ4v) is 2.84. The summed E-state index contributed by atoms with van der Waals surface area (Å²) < 4.78 is 29.4. The van der Waals surface area contributed by atoms with E-state index in [2.05, 4.69) is 9.64 Å². The zero-order valence-electron chi connectivity index (χ0n) is 13.4. The SMILES string of the molecule is O=C(c1ccccc1OC(F)F)N1CCN(c2ccc(O)cc2)CC1. The minimum atomic E-state index is -2.97. The average Bonchev–Trinajstić information content (AvgIpc) is 2.62. The van der Waals surface area contributed by atoms with Crippen molar-refractivity contribution in [2.45, 2.75) is 6.61 Å². The number of aromatic hydroxyl groups is 1. The molecule has 1 aliphatic rings. The lowest BCUT2D eigenvalue weighted by molar-refractivity contribution is -0.0502. The molecule has 1 amide bonds. The number of anilines is 1. The molecule has 0 radical (unpaired) electrons. The summed E-state index contributed by atoms with van der Waals surface area (Å²) in [6.07, 6.45) is 0. The molecule has 1 fully saturated rings. The van der Waals surface area contributed by atoms with Crippen molar-refractivity contribution in [3.63, 3.8) is 0 Å². The molecule has 132 valence electrons. The van der Waals surface area contributed by atoms with E-state index in [0.29, 0.717) is 26.2 Å². The van der Waals surface area contributed by atoms with Crippen LogP contribution in [0.5, 0.6) is 11.5 Å². The Morgan fingerprint density at radius 2 is 1.64 bits per heavy atom. The molecule has 2 aromatic carbocycles. The van der Waals surface area contributed by atoms with Crippen molar-refractivity contribution in [2.24, 2.45) is 0 Å². The van der Waals surface area contributed by atoms with Crippen molar-refractivity contribution in [3.8, 4) is 11.5 Å². The Kier molecular flexibility index (Phi) is 5.02. The molecular weight excluding hydrogens is 330 g/mol. The van der Waals surface area contributed by atoms with Gasteiger partial charge in [-0.2, -0.15) is 8.78 Å². The fourth-order valence-electron chi connectivity index (χ4n) is 2.84. The number of para-hydroxylation sites is 1. The highest BCUT2D eigenvalue weighted by Gasteiger charge is 2.25. The number of halogens is 2. The van der Waals surface area contributed by atoms with Crippen LogP contribution in [0.15, 0.2) is 48.5 Å². The summed E-state index contributed by atoms with van der Waals surface area (Å²) in [6.45, 7) is -0.783. The number of hydrogen-bond donors (Lipinski definition) is 1. The Labute approximate surface area is 144 Å². The van der Waals surface area contributed by atoms with E-state index in [1.165, 1.54) is 12.1 Å². The molecule has 1 aliphatic heterocycles.